The van der Waals surface area contributed by atoms with Crippen molar-refractivity contribution in [3.8, 4) is 5.69 Å². The molecule has 2 heterocycles. The monoisotopic (exact) mass is 370 g/mol. The zero-order valence-electron chi connectivity index (χ0n) is 13.8. The second kappa shape index (κ2) is 7.79. The molecule has 3 rings (SSSR count). The van der Waals surface area contributed by atoms with Crippen molar-refractivity contribution in [1.82, 2.24) is 14.8 Å². The number of pyridine rings is 1. The Hall–Kier alpha value is -3.19. The topological polar surface area (TPSA) is 86.1 Å². The van der Waals surface area contributed by atoms with E-state index in [0.717, 1.165) is 11.4 Å². The molecule has 1 aromatic carbocycles. The molecular formula is C18H15ClN4O3. The molecule has 0 fully saturated rings. The molecular weight excluding hydrogens is 356 g/mol. The molecule has 0 aliphatic heterocycles. The van der Waals surface area contributed by atoms with Gasteiger partial charge in [0.25, 0.3) is 5.91 Å². The van der Waals surface area contributed by atoms with Crippen LogP contribution in [0.5, 0.6) is 0 Å². The average Bonchev–Trinajstić information content (AvgIpc) is 3.08. The second-order valence-corrected chi connectivity index (χ2v) is 5.85. The number of hydrogen-bond acceptors (Lipinski definition) is 5. The molecule has 0 spiro atoms. The van der Waals surface area contributed by atoms with Crippen molar-refractivity contribution in [3.05, 3.63) is 71.1 Å². The number of rotatable bonds is 5. The van der Waals surface area contributed by atoms with Gasteiger partial charge in [0, 0.05) is 18.1 Å². The minimum absolute atomic E-state index is 0.328. The third kappa shape index (κ3) is 4.25. The molecule has 26 heavy (non-hydrogen) atoms. The Balaban J connectivity index is 1.55. The van der Waals surface area contributed by atoms with Crippen molar-refractivity contribution < 1.29 is 14.3 Å². The Labute approximate surface area is 154 Å². The molecule has 2 aromatic heterocycles. The summed E-state index contributed by atoms with van der Waals surface area (Å²) in [6, 6.07) is 11.8. The fraction of sp³-hybridized carbons (Fsp3) is 0.111. The van der Waals surface area contributed by atoms with Crippen molar-refractivity contribution in [2.45, 2.75) is 6.92 Å². The predicted molar refractivity (Wildman–Crippen MR) is 96.5 cm³/mol. The van der Waals surface area contributed by atoms with Crippen LogP contribution in [0.4, 0.5) is 5.82 Å². The van der Waals surface area contributed by atoms with E-state index in [-0.39, 0.29) is 0 Å². The molecule has 0 radical (unpaired) electrons. The van der Waals surface area contributed by atoms with Gasteiger partial charge < -0.3 is 10.1 Å². The van der Waals surface area contributed by atoms with Gasteiger partial charge in [0.2, 0.25) is 0 Å². The third-order valence-electron chi connectivity index (χ3n) is 3.51. The summed E-state index contributed by atoms with van der Waals surface area (Å²) in [5.41, 5.74) is 2.15. The van der Waals surface area contributed by atoms with Crippen LogP contribution in [-0.2, 0) is 9.53 Å². The van der Waals surface area contributed by atoms with E-state index in [1.165, 1.54) is 6.20 Å². The normalized spacial score (nSPS) is 10.4. The highest BCUT2D eigenvalue weighted by Crippen LogP contribution is 2.12. The van der Waals surface area contributed by atoms with E-state index in [4.69, 9.17) is 16.3 Å². The number of benzene rings is 1. The fourth-order valence-corrected chi connectivity index (χ4v) is 2.33. The van der Waals surface area contributed by atoms with Gasteiger partial charge in [0.05, 0.1) is 16.3 Å². The van der Waals surface area contributed by atoms with Crippen molar-refractivity contribution >= 4 is 29.3 Å². The number of amides is 1. The van der Waals surface area contributed by atoms with E-state index >= 15 is 0 Å². The van der Waals surface area contributed by atoms with Gasteiger partial charge in [-0.3, -0.25) is 4.79 Å². The highest BCUT2D eigenvalue weighted by Gasteiger charge is 2.11. The van der Waals surface area contributed by atoms with Gasteiger partial charge >= 0.3 is 5.97 Å². The maximum atomic E-state index is 12.1. The molecule has 0 atom stereocenters. The van der Waals surface area contributed by atoms with Crippen molar-refractivity contribution in [3.63, 3.8) is 0 Å². The molecule has 1 amide bonds. The summed E-state index contributed by atoms with van der Waals surface area (Å²) in [5, 5.41) is 7.17. The van der Waals surface area contributed by atoms with Crippen LogP contribution in [-0.4, -0.2) is 33.2 Å². The first-order valence-corrected chi connectivity index (χ1v) is 8.10. The van der Waals surface area contributed by atoms with Crippen LogP contribution >= 0.6 is 11.6 Å². The number of nitrogens with zero attached hydrogens (tertiary/aromatic N) is 3. The van der Waals surface area contributed by atoms with Crippen LogP contribution in [0.1, 0.15) is 16.1 Å². The summed E-state index contributed by atoms with van der Waals surface area (Å²) in [4.78, 5) is 27.8. The quantitative estimate of drug-likeness (QED) is 0.698. The van der Waals surface area contributed by atoms with E-state index in [1.54, 1.807) is 47.3 Å². The molecule has 0 aliphatic carbocycles. The number of aromatic nitrogens is 3. The Kier molecular flexibility index (Phi) is 5.28. The Morgan fingerprint density at radius 1 is 1.15 bits per heavy atom. The van der Waals surface area contributed by atoms with Gasteiger partial charge in [-0.2, -0.15) is 5.10 Å². The minimum Gasteiger partial charge on any atom is -0.452 e. The van der Waals surface area contributed by atoms with Crippen LogP contribution in [0, 0.1) is 6.92 Å². The largest absolute Gasteiger partial charge is 0.452 e. The molecule has 3 aromatic rings. The number of nitrogens with one attached hydrogen (secondary N) is 1. The lowest BCUT2D eigenvalue weighted by molar-refractivity contribution is -0.119. The highest BCUT2D eigenvalue weighted by molar-refractivity contribution is 6.30. The van der Waals surface area contributed by atoms with Crippen LogP contribution in [0.15, 0.2) is 54.9 Å². The number of aryl methyl sites for hydroxylation is 1. The number of hydrogen-bond donors (Lipinski definition) is 1. The third-order valence-corrected chi connectivity index (χ3v) is 3.73. The van der Waals surface area contributed by atoms with E-state index in [9.17, 15) is 9.59 Å². The summed E-state index contributed by atoms with van der Waals surface area (Å²) in [5.74, 6) is -0.751. The summed E-state index contributed by atoms with van der Waals surface area (Å²) in [7, 11) is 0. The smallest absolute Gasteiger partial charge is 0.338 e. The molecule has 0 saturated carbocycles. The Morgan fingerprint density at radius 3 is 2.54 bits per heavy atom. The van der Waals surface area contributed by atoms with Crippen LogP contribution in [0.25, 0.3) is 5.69 Å². The highest BCUT2D eigenvalue weighted by atomic mass is 35.5. The molecule has 0 unspecified atom stereocenters. The van der Waals surface area contributed by atoms with Gasteiger partial charge in [-0.05, 0) is 49.4 Å². The molecule has 0 bridgehead atoms. The average molecular weight is 371 g/mol. The summed E-state index contributed by atoms with van der Waals surface area (Å²) >= 11 is 5.72. The Bertz CT molecular complexity index is 920. The summed E-state index contributed by atoms with van der Waals surface area (Å²) < 4.78 is 6.76. The molecule has 1 N–H and O–H groups in total. The number of halogens is 1. The van der Waals surface area contributed by atoms with Gasteiger partial charge in [0.1, 0.15) is 5.82 Å². The summed E-state index contributed by atoms with van der Waals surface area (Å²) in [6.45, 7) is 1.52. The number of carbonyl (C=O) groups excluding carboxylic acids is 2. The molecule has 0 saturated heterocycles. The number of ether oxygens (including phenoxy) is 1. The summed E-state index contributed by atoms with van der Waals surface area (Å²) in [6.07, 6.45) is 3.11. The lowest BCUT2D eigenvalue weighted by atomic mass is 10.2. The molecule has 7 nitrogen and oxygen atoms in total. The van der Waals surface area contributed by atoms with Crippen molar-refractivity contribution in [2.75, 3.05) is 11.9 Å². The second-order valence-electron chi connectivity index (χ2n) is 5.42. The van der Waals surface area contributed by atoms with Gasteiger partial charge in [-0.25, -0.2) is 14.5 Å². The standard InChI is InChI=1S/C18H15ClN4O3/c1-12-8-9-21-23(12)15-5-2-13(3-6-15)18(25)26-11-17(24)22-16-7-4-14(19)10-20-16/h2-10H,11H2,1H3,(H,20,22,24). The zero-order valence-corrected chi connectivity index (χ0v) is 14.6. The first-order valence-electron chi connectivity index (χ1n) is 7.72. The SMILES string of the molecule is Cc1ccnn1-c1ccc(C(=O)OCC(=O)Nc2ccc(Cl)cn2)cc1. The fourth-order valence-electron chi connectivity index (χ4n) is 2.22. The van der Waals surface area contributed by atoms with Crippen LogP contribution < -0.4 is 5.32 Å². The Morgan fingerprint density at radius 2 is 1.92 bits per heavy atom. The maximum Gasteiger partial charge on any atom is 0.338 e. The molecule has 0 aliphatic rings. The predicted octanol–water partition coefficient (Wildman–Crippen LogP) is 3.02. The minimum atomic E-state index is -0.590. The lowest BCUT2D eigenvalue weighted by Gasteiger charge is -2.07. The number of carbonyl (C=O) groups is 2. The number of anilines is 1. The first kappa shape index (κ1) is 17.6. The van der Waals surface area contributed by atoms with Crippen molar-refractivity contribution in [2.24, 2.45) is 0 Å². The zero-order chi connectivity index (χ0) is 18.5. The van der Waals surface area contributed by atoms with Crippen LogP contribution in [0.3, 0.4) is 0 Å². The number of esters is 1. The van der Waals surface area contributed by atoms with Gasteiger partial charge in [-0.1, -0.05) is 11.6 Å². The van der Waals surface area contributed by atoms with E-state index in [0.29, 0.717) is 16.4 Å². The lowest BCUT2D eigenvalue weighted by Crippen LogP contribution is -2.21. The van der Waals surface area contributed by atoms with E-state index < -0.39 is 18.5 Å². The van der Waals surface area contributed by atoms with E-state index in [1.807, 2.05) is 13.0 Å². The first-order chi connectivity index (χ1) is 12.5. The molecule has 8 heteroatoms. The van der Waals surface area contributed by atoms with Crippen LogP contribution in [0.2, 0.25) is 5.02 Å². The van der Waals surface area contributed by atoms with Gasteiger partial charge in [-0.15, -0.1) is 0 Å². The van der Waals surface area contributed by atoms with Gasteiger partial charge in [0.15, 0.2) is 6.61 Å². The van der Waals surface area contributed by atoms with Crippen molar-refractivity contribution in [1.29, 1.82) is 0 Å². The van der Waals surface area contributed by atoms with E-state index in [2.05, 4.69) is 15.4 Å². The maximum absolute atomic E-state index is 12.1. The molecule has 132 valence electrons.